The van der Waals surface area contributed by atoms with E-state index in [1.54, 1.807) is 6.20 Å². The molecular formula is C28H40F3N5. The number of pyridine rings is 1. The molecular weight excluding hydrogens is 463 g/mol. The van der Waals surface area contributed by atoms with E-state index in [-0.39, 0.29) is 12.1 Å². The van der Waals surface area contributed by atoms with Crippen LogP contribution in [0.3, 0.4) is 0 Å². The van der Waals surface area contributed by atoms with Gasteiger partial charge in [-0.2, -0.15) is 13.2 Å². The first-order valence-electron chi connectivity index (χ1n) is 12.0. The highest BCUT2D eigenvalue weighted by Crippen LogP contribution is 2.31. The molecule has 0 aliphatic heterocycles. The predicted octanol–water partition coefficient (Wildman–Crippen LogP) is 6.21. The molecule has 2 aromatic carbocycles. The molecule has 1 heterocycles. The number of allylic oxidation sites excluding steroid dienone is 1. The number of benzene rings is 2. The van der Waals surface area contributed by atoms with Gasteiger partial charge in [-0.15, -0.1) is 0 Å². The van der Waals surface area contributed by atoms with Crippen molar-refractivity contribution >= 4 is 11.4 Å². The van der Waals surface area contributed by atoms with E-state index < -0.39 is 11.7 Å². The summed E-state index contributed by atoms with van der Waals surface area (Å²) >= 11 is 0. The van der Waals surface area contributed by atoms with Crippen LogP contribution in [0.2, 0.25) is 0 Å². The van der Waals surface area contributed by atoms with Gasteiger partial charge in [-0.1, -0.05) is 69.3 Å². The molecule has 1 aromatic heterocycles. The molecule has 0 aliphatic carbocycles. The molecule has 0 spiro atoms. The zero-order chi connectivity index (χ0) is 27.4. The molecule has 36 heavy (non-hydrogen) atoms. The number of rotatable bonds is 7. The summed E-state index contributed by atoms with van der Waals surface area (Å²) in [7, 11) is 1.50. The van der Waals surface area contributed by atoms with Crippen LogP contribution in [0, 0.1) is 0 Å². The number of hydrogen-bond acceptors (Lipinski definition) is 5. The predicted molar refractivity (Wildman–Crippen MR) is 146 cm³/mol. The molecule has 0 saturated heterocycles. The molecule has 0 atom stereocenters. The van der Waals surface area contributed by atoms with E-state index >= 15 is 0 Å². The van der Waals surface area contributed by atoms with Crippen molar-refractivity contribution in [3.05, 3.63) is 101 Å². The van der Waals surface area contributed by atoms with Crippen LogP contribution in [0.25, 0.3) is 5.70 Å². The Bertz CT molecular complexity index is 990. The third kappa shape index (κ3) is 11.9. The minimum absolute atomic E-state index is 0.0876. The lowest BCUT2D eigenvalue weighted by Gasteiger charge is -2.10. The fourth-order valence-corrected chi connectivity index (χ4v) is 2.96. The first kappa shape index (κ1) is 32.6. The summed E-state index contributed by atoms with van der Waals surface area (Å²) in [5.74, 6) is 0. The van der Waals surface area contributed by atoms with E-state index in [0.29, 0.717) is 0 Å². The minimum atomic E-state index is -4.30. The van der Waals surface area contributed by atoms with Crippen molar-refractivity contribution in [2.24, 2.45) is 17.2 Å². The molecule has 7 N–H and O–H groups in total. The first-order chi connectivity index (χ1) is 17.4. The van der Waals surface area contributed by atoms with Gasteiger partial charge in [0.25, 0.3) is 0 Å². The third-order valence-electron chi connectivity index (χ3n) is 4.63. The maximum atomic E-state index is 12.2. The number of nitrogens with two attached hydrogens (primary N) is 3. The number of aromatic nitrogens is 1. The van der Waals surface area contributed by atoms with Crippen molar-refractivity contribution in [2.45, 2.75) is 46.3 Å². The second kappa shape index (κ2) is 18.9. The van der Waals surface area contributed by atoms with Crippen LogP contribution >= 0.6 is 0 Å². The molecule has 0 radical (unpaired) electrons. The summed E-state index contributed by atoms with van der Waals surface area (Å²) in [4.78, 5) is 4.25. The quantitative estimate of drug-likeness (QED) is 0.307. The molecule has 0 saturated carbocycles. The first-order valence-corrected chi connectivity index (χ1v) is 12.0. The summed E-state index contributed by atoms with van der Waals surface area (Å²) in [5, 5.41) is 3.44. The van der Waals surface area contributed by atoms with E-state index in [0.717, 1.165) is 36.8 Å². The normalized spacial score (nSPS) is 10.5. The second-order valence-corrected chi connectivity index (χ2v) is 7.02. The van der Waals surface area contributed by atoms with Gasteiger partial charge in [-0.05, 0) is 55.3 Å². The van der Waals surface area contributed by atoms with E-state index in [1.807, 2.05) is 44.2 Å². The van der Waals surface area contributed by atoms with Crippen LogP contribution in [-0.2, 0) is 19.1 Å². The highest BCUT2D eigenvalue weighted by atomic mass is 19.4. The molecule has 0 unspecified atom stereocenters. The number of halogens is 3. The summed E-state index contributed by atoms with van der Waals surface area (Å²) in [6.07, 6.45) is 1.40. The van der Waals surface area contributed by atoms with Gasteiger partial charge in [0.15, 0.2) is 0 Å². The Morgan fingerprint density at radius 2 is 1.50 bits per heavy atom. The average molecular weight is 504 g/mol. The Balaban J connectivity index is 0.000000655. The fraction of sp³-hybridized carbons (Fsp3) is 0.321. The van der Waals surface area contributed by atoms with Gasteiger partial charge in [0.1, 0.15) is 0 Å². The zero-order valence-corrected chi connectivity index (χ0v) is 21.6. The van der Waals surface area contributed by atoms with Crippen molar-refractivity contribution in [3.8, 4) is 0 Å². The fourth-order valence-electron chi connectivity index (χ4n) is 2.96. The van der Waals surface area contributed by atoms with Crippen LogP contribution in [0.1, 0.15) is 49.6 Å². The molecule has 198 valence electrons. The van der Waals surface area contributed by atoms with Gasteiger partial charge < -0.3 is 22.5 Å². The number of hydrogen-bond donors (Lipinski definition) is 4. The zero-order valence-electron chi connectivity index (χ0n) is 21.6. The summed E-state index contributed by atoms with van der Waals surface area (Å²) in [6.45, 7) is 7.06. The van der Waals surface area contributed by atoms with Crippen LogP contribution in [0.15, 0.2) is 79.0 Å². The molecule has 0 bridgehead atoms. The van der Waals surface area contributed by atoms with Crippen molar-refractivity contribution in [1.82, 2.24) is 4.98 Å². The standard InChI is InChI=1S/C17H21N3.C8H8F3N.C2H6.CH5N/c1-2-12-19-16-8-4-3-7-14(16)10-11-15(18)17-9-5-6-13-20-17;9-8(10,11)7-4-2-1-3-6(7)5-12;2*1-2/h3-9,11,13,19H,2,10,12,18H2,1H3;1-4H,5,12H2;1-2H3;2H2,1H3/b15-11-;;;. The molecule has 0 amide bonds. The smallest absolute Gasteiger partial charge is 0.397 e. The summed E-state index contributed by atoms with van der Waals surface area (Å²) in [6, 6.07) is 19.4. The van der Waals surface area contributed by atoms with Crippen molar-refractivity contribution < 1.29 is 13.2 Å². The maximum Gasteiger partial charge on any atom is 0.416 e. The lowest BCUT2D eigenvalue weighted by atomic mass is 10.1. The van der Waals surface area contributed by atoms with Gasteiger partial charge in [-0.25, -0.2) is 0 Å². The van der Waals surface area contributed by atoms with Gasteiger partial charge in [-0.3, -0.25) is 4.98 Å². The van der Waals surface area contributed by atoms with E-state index in [1.165, 1.54) is 36.5 Å². The molecule has 3 aromatic rings. The molecule has 0 aliphatic rings. The van der Waals surface area contributed by atoms with E-state index in [9.17, 15) is 13.2 Å². The van der Waals surface area contributed by atoms with Gasteiger partial charge in [0, 0.05) is 25.0 Å². The van der Waals surface area contributed by atoms with Crippen molar-refractivity contribution in [2.75, 3.05) is 18.9 Å². The van der Waals surface area contributed by atoms with E-state index in [2.05, 4.69) is 41.2 Å². The molecule has 5 nitrogen and oxygen atoms in total. The number of anilines is 1. The van der Waals surface area contributed by atoms with Crippen LogP contribution in [-0.4, -0.2) is 18.6 Å². The van der Waals surface area contributed by atoms with Gasteiger partial charge in [0.05, 0.1) is 17.0 Å². The van der Waals surface area contributed by atoms with E-state index in [4.69, 9.17) is 11.5 Å². The highest BCUT2D eigenvalue weighted by Gasteiger charge is 2.32. The monoisotopic (exact) mass is 503 g/mol. The SMILES string of the molecule is CC.CCCNc1ccccc1C/C=C(\N)c1ccccn1.CN.NCc1ccccc1C(F)(F)F. The number of nitrogens with zero attached hydrogens (tertiary/aromatic N) is 1. The largest absolute Gasteiger partial charge is 0.416 e. The second-order valence-electron chi connectivity index (χ2n) is 7.02. The Hall–Kier alpha value is -3.36. The molecule has 0 fully saturated rings. The Morgan fingerprint density at radius 1 is 0.917 bits per heavy atom. The summed E-state index contributed by atoms with van der Waals surface area (Å²) < 4.78 is 36.5. The minimum Gasteiger partial charge on any atom is -0.397 e. The topological polar surface area (TPSA) is 103 Å². The maximum absolute atomic E-state index is 12.2. The Kier molecular flexibility index (Phi) is 17.1. The highest BCUT2D eigenvalue weighted by molar-refractivity contribution is 5.61. The average Bonchev–Trinajstić information content (AvgIpc) is 2.93. The summed E-state index contributed by atoms with van der Waals surface area (Å²) in [5.41, 5.74) is 19.2. The Labute approximate surface area is 213 Å². The molecule has 8 heteroatoms. The third-order valence-corrected chi connectivity index (χ3v) is 4.63. The lowest BCUT2D eigenvalue weighted by molar-refractivity contribution is -0.138. The lowest BCUT2D eigenvalue weighted by Crippen LogP contribution is -2.11. The number of alkyl halides is 3. The van der Waals surface area contributed by atoms with Crippen LogP contribution in [0.5, 0.6) is 0 Å². The van der Waals surface area contributed by atoms with Crippen LogP contribution < -0.4 is 22.5 Å². The van der Waals surface area contributed by atoms with Crippen molar-refractivity contribution in [1.29, 1.82) is 0 Å². The van der Waals surface area contributed by atoms with Gasteiger partial charge in [0.2, 0.25) is 0 Å². The molecule has 3 rings (SSSR count). The number of para-hydroxylation sites is 1. The van der Waals surface area contributed by atoms with Crippen LogP contribution in [0.4, 0.5) is 18.9 Å². The van der Waals surface area contributed by atoms with Gasteiger partial charge >= 0.3 is 6.18 Å². The Morgan fingerprint density at radius 3 is 2.03 bits per heavy atom. The van der Waals surface area contributed by atoms with Crippen molar-refractivity contribution in [3.63, 3.8) is 0 Å². The number of nitrogens with one attached hydrogen (secondary N) is 1.